The molecule has 1 aliphatic carbocycles. The van der Waals surface area contributed by atoms with E-state index in [4.69, 9.17) is 53.8 Å². The molecule has 1 aliphatic rings. The summed E-state index contributed by atoms with van der Waals surface area (Å²) in [5, 5.41) is 0. The average molecular weight is 677 g/mol. The topological polar surface area (TPSA) is 440 Å². The Morgan fingerprint density at radius 3 is 0.622 bits per heavy atom. The zero-order valence-electron chi connectivity index (χ0n) is 17.4. The summed E-state index contributed by atoms with van der Waals surface area (Å²) in [4.78, 5) is 112. The monoisotopic (exact) mass is 677 g/mol. The van der Waals surface area contributed by atoms with Gasteiger partial charge in [0, 0.05) is 0 Å². The second kappa shape index (κ2) is 12.6. The van der Waals surface area contributed by atoms with Crippen LogP contribution in [0.2, 0.25) is 0 Å². The number of rotatable bonds is 12. The summed E-state index contributed by atoms with van der Waals surface area (Å²) >= 11 is 0. The third kappa shape index (κ3) is 14.7. The second-order valence-electron chi connectivity index (χ2n) is 6.34. The number of hydrogen-bond acceptors (Lipinski definition) is 13. The molecular formula is C6H21NO24P6. The SMILES string of the molecule is O=P([O-])(O)OC1C(OP(=O)(O)O)C(OP(=O)(O)O)C(OP(=O)(O)O)C(OP(=O)(O)O)C1OP(=O)(O)O.[NH4+]. The minimum Gasteiger partial charge on any atom is -0.756 e. The molecule has 1 fully saturated rings. The molecular weight excluding hydrogens is 656 g/mol. The van der Waals surface area contributed by atoms with E-state index in [9.17, 15) is 32.3 Å². The lowest BCUT2D eigenvalue weighted by molar-refractivity contribution is -0.249. The highest BCUT2D eigenvalue weighted by atomic mass is 31.2. The van der Waals surface area contributed by atoms with E-state index in [-0.39, 0.29) is 6.15 Å². The number of quaternary nitrogens is 1. The summed E-state index contributed by atoms with van der Waals surface area (Å²) in [6.07, 6.45) is -19.1. The van der Waals surface area contributed by atoms with Crippen molar-refractivity contribution in [1.82, 2.24) is 6.15 Å². The summed E-state index contributed by atoms with van der Waals surface area (Å²) in [7, 11) is -36.4. The second-order valence-corrected chi connectivity index (χ2v) is 13.4. The van der Waals surface area contributed by atoms with Gasteiger partial charge in [0.1, 0.15) is 36.6 Å². The first-order valence-electron chi connectivity index (χ1n) is 7.99. The predicted octanol–water partition coefficient (Wildman–Crippen LogP) is -3.39. The van der Waals surface area contributed by atoms with Gasteiger partial charge in [-0.25, -0.2) is 22.8 Å². The first-order chi connectivity index (χ1) is 15.6. The van der Waals surface area contributed by atoms with Crippen molar-refractivity contribution in [2.24, 2.45) is 0 Å². The zero-order valence-corrected chi connectivity index (χ0v) is 22.7. The average Bonchev–Trinajstić information content (AvgIpc) is 2.51. The lowest BCUT2D eigenvalue weighted by atomic mass is 9.85. The van der Waals surface area contributed by atoms with Crippen LogP contribution >= 0.6 is 46.9 Å². The van der Waals surface area contributed by atoms with Crippen LogP contribution in [0.15, 0.2) is 0 Å². The Hall–Kier alpha value is 0.620. The molecule has 0 aromatic carbocycles. The first-order valence-corrected chi connectivity index (χ1v) is 17.1. The Bertz CT molecular complexity index is 824. The summed E-state index contributed by atoms with van der Waals surface area (Å²) in [6.45, 7) is 0. The largest absolute Gasteiger partial charge is 0.756 e. The van der Waals surface area contributed by atoms with Gasteiger partial charge < -0.3 is 69.4 Å². The van der Waals surface area contributed by atoms with Crippen molar-refractivity contribution in [2.45, 2.75) is 36.6 Å². The zero-order chi connectivity index (χ0) is 28.7. The Kier molecular flexibility index (Phi) is 12.9. The molecule has 0 heterocycles. The summed E-state index contributed by atoms with van der Waals surface area (Å²) in [5.74, 6) is 0. The van der Waals surface area contributed by atoms with E-state index >= 15 is 0 Å². The van der Waals surface area contributed by atoms with Crippen molar-refractivity contribution in [3.05, 3.63) is 0 Å². The maximum atomic E-state index is 11.4. The Morgan fingerprint density at radius 1 is 0.378 bits per heavy atom. The standard InChI is InChI=1S/C6H18O24P6.H3N/c7-31(8,9)25-1-2(26-32(10,11)12)4(28-34(16,17)18)6(30-36(22,23)24)5(29-35(19,20)21)3(1)27-33(13,14)15;/h1-6H,(H2,7,8,9)(H2,10,11,12)(H2,13,14,15)(H2,16,17,18)(H2,19,20,21)(H2,22,23,24);1H3. The Balaban J connectivity index is 0.0000130. The third-order valence-corrected chi connectivity index (χ3v) is 6.59. The van der Waals surface area contributed by atoms with Crippen LogP contribution in [-0.2, 0) is 54.5 Å². The molecule has 0 bridgehead atoms. The molecule has 0 aromatic rings. The molecule has 0 radical (unpaired) electrons. The van der Waals surface area contributed by atoms with Gasteiger partial charge in [0.25, 0.3) is 7.82 Å². The van der Waals surface area contributed by atoms with Gasteiger partial charge in [-0.15, -0.1) is 0 Å². The molecule has 1 rings (SSSR count). The summed E-state index contributed by atoms with van der Waals surface area (Å²) < 4.78 is 92.7. The fraction of sp³-hybridized carbons (Fsp3) is 1.00. The van der Waals surface area contributed by atoms with Crippen LogP contribution < -0.4 is 11.0 Å². The number of phosphoric ester groups is 6. The molecule has 1 saturated carbocycles. The minimum absolute atomic E-state index is 0. The summed E-state index contributed by atoms with van der Waals surface area (Å²) in [5.41, 5.74) is 0. The van der Waals surface area contributed by atoms with Gasteiger partial charge in [-0.1, -0.05) is 0 Å². The van der Waals surface area contributed by atoms with Crippen LogP contribution in [0, 0.1) is 0 Å². The smallest absolute Gasteiger partial charge is 0.470 e. The molecule has 37 heavy (non-hydrogen) atoms. The van der Waals surface area contributed by atoms with Gasteiger partial charge in [0.15, 0.2) is 0 Å². The third-order valence-electron chi connectivity index (χ3n) is 3.49. The van der Waals surface area contributed by atoms with Crippen molar-refractivity contribution in [3.63, 3.8) is 0 Å². The van der Waals surface area contributed by atoms with E-state index in [0.29, 0.717) is 0 Å². The van der Waals surface area contributed by atoms with Crippen LogP contribution in [-0.4, -0.2) is 90.5 Å². The molecule has 0 spiro atoms. The number of hydrogen-bond donors (Lipinski definition) is 12. The van der Waals surface area contributed by atoms with Crippen molar-refractivity contribution >= 4 is 46.9 Å². The van der Waals surface area contributed by atoms with E-state index in [2.05, 4.69) is 27.1 Å². The molecule has 224 valence electrons. The molecule has 15 N–H and O–H groups in total. The molecule has 5 atom stereocenters. The van der Waals surface area contributed by atoms with E-state index in [0.717, 1.165) is 0 Å². The van der Waals surface area contributed by atoms with E-state index in [1.54, 1.807) is 0 Å². The molecule has 0 saturated heterocycles. The van der Waals surface area contributed by atoms with Gasteiger partial charge in [-0.3, -0.25) is 27.2 Å². The highest BCUT2D eigenvalue weighted by Crippen LogP contribution is 2.56. The first kappa shape index (κ1) is 37.6. The highest BCUT2D eigenvalue weighted by molar-refractivity contribution is 7.47. The maximum absolute atomic E-state index is 11.4. The number of phosphoric acid groups is 6. The van der Waals surface area contributed by atoms with Crippen LogP contribution in [0.25, 0.3) is 0 Å². The molecule has 5 unspecified atom stereocenters. The van der Waals surface area contributed by atoms with Crippen molar-refractivity contribution in [3.8, 4) is 0 Å². The summed E-state index contributed by atoms with van der Waals surface area (Å²) in [6, 6.07) is 0. The van der Waals surface area contributed by atoms with E-state index in [1.165, 1.54) is 0 Å². The maximum Gasteiger partial charge on any atom is 0.470 e. The van der Waals surface area contributed by atoms with Crippen molar-refractivity contribution in [2.75, 3.05) is 0 Å². The van der Waals surface area contributed by atoms with Crippen LogP contribution in [0.1, 0.15) is 0 Å². The van der Waals surface area contributed by atoms with Gasteiger partial charge >= 0.3 is 39.1 Å². The van der Waals surface area contributed by atoms with Crippen molar-refractivity contribution in [1.29, 1.82) is 0 Å². The van der Waals surface area contributed by atoms with Crippen LogP contribution in [0.4, 0.5) is 0 Å². The normalized spacial score (nSPS) is 29.8. The fourth-order valence-electron chi connectivity index (χ4n) is 2.79. The van der Waals surface area contributed by atoms with Crippen LogP contribution in [0.5, 0.6) is 0 Å². The Labute approximate surface area is 203 Å². The van der Waals surface area contributed by atoms with Gasteiger partial charge in [-0.2, -0.15) is 0 Å². The van der Waals surface area contributed by atoms with Crippen LogP contribution in [0.3, 0.4) is 0 Å². The molecule has 31 heteroatoms. The van der Waals surface area contributed by atoms with Gasteiger partial charge in [-0.05, 0) is 0 Å². The fourth-order valence-corrected chi connectivity index (χ4v) is 6.12. The quantitative estimate of drug-likeness (QED) is 0.0896. The lowest BCUT2D eigenvalue weighted by Crippen LogP contribution is -2.66. The van der Waals surface area contributed by atoms with Crippen molar-refractivity contribution < 1.29 is 113 Å². The Morgan fingerprint density at radius 2 is 0.514 bits per heavy atom. The van der Waals surface area contributed by atoms with E-state index in [1.807, 2.05) is 0 Å². The highest BCUT2D eigenvalue weighted by Gasteiger charge is 2.62. The molecule has 0 amide bonds. The van der Waals surface area contributed by atoms with Gasteiger partial charge in [0.2, 0.25) is 0 Å². The van der Waals surface area contributed by atoms with E-state index < -0.39 is 83.6 Å². The molecule has 25 nitrogen and oxygen atoms in total. The molecule has 0 aromatic heterocycles. The minimum atomic E-state index is -6.27. The van der Waals surface area contributed by atoms with Gasteiger partial charge in [0.05, 0.1) is 0 Å². The molecule has 0 aliphatic heterocycles. The lowest BCUT2D eigenvalue weighted by Gasteiger charge is -2.48. The predicted molar refractivity (Wildman–Crippen MR) is 105 cm³/mol.